The molecule has 114 valence electrons. The second kappa shape index (κ2) is 5.42. The van der Waals surface area contributed by atoms with Crippen molar-refractivity contribution in [1.29, 1.82) is 0 Å². The number of hydrogen-bond acceptors (Lipinski definition) is 5. The van der Waals surface area contributed by atoms with Crippen LogP contribution in [0.2, 0.25) is 0 Å². The Kier molecular flexibility index (Phi) is 3.60. The van der Waals surface area contributed by atoms with Crippen LogP contribution in [0, 0.1) is 27.9 Å². The number of hydrogen-bond donors (Lipinski definition) is 1. The first-order valence-electron chi connectivity index (χ1n) is 7.36. The van der Waals surface area contributed by atoms with Crippen LogP contribution in [-0.2, 0) is 11.3 Å². The lowest BCUT2D eigenvalue weighted by molar-refractivity contribution is -0.394. The highest BCUT2D eigenvalue weighted by molar-refractivity contribution is 5.75. The van der Waals surface area contributed by atoms with E-state index in [0.717, 1.165) is 11.8 Å². The number of aromatic nitrogens is 3. The number of nitrogens with one attached hydrogen (secondary N) is 1. The quantitative estimate of drug-likeness (QED) is 0.647. The summed E-state index contributed by atoms with van der Waals surface area (Å²) in [4.78, 5) is 25.3. The predicted octanol–water partition coefficient (Wildman–Crippen LogP) is 1.13. The molecule has 1 N–H and O–H groups in total. The standard InChI is InChI=1S/C13H19N5O3/c1-8(11-5-9-2-3-10(11)4-9)15-12(19)6-17-7-14-13(16-17)18(20)21/h7-11H,2-6H2,1H3,(H,15,19)/t8-,9-,10-,11-/m0/s1. The summed E-state index contributed by atoms with van der Waals surface area (Å²) in [6.07, 6.45) is 6.34. The minimum absolute atomic E-state index is 0.0357. The highest BCUT2D eigenvalue weighted by Gasteiger charge is 2.42. The van der Waals surface area contributed by atoms with E-state index in [9.17, 15) is 14.9 Å². The van der Waals surface area contributed by atoms with E-state index in [1.807, 2.05) is 6.92 Å². The van der Waals surface area contributed by atoms with Crippen molar-refractivity contribution in [3.05, 3.63) is 16.4 Å². The monoisotopic (exact) mass is 293 g/mol. The Balaban J connectivity index is 1.52. The molecule has 1 aromatic rings. The molecular weight excluding hydrogens is 274 g/mol. The van der Waals surface area contributed by atoms with Crippen molar-refractivity contribution in [2.45, 2.75) is 45.2 Å². The molecule has 2 aliphatic rings. The van der Waals surface area contributed by atoms with Crippen molar-refractivity contribution in [3.63, 3.8) is 0 Å². The summed E-state index contributed by atoms with van der Waals surface area (Å²) < 4.78 is 1.20. The maximum atomic E-state index is 12.0. The molecule has 0 aromatic carbocycles. The van der Waals surface area contributed by atoms with Gasteiger partial charge in [-0.2, -0.15) is 4.68 Å². The molecule has 8 heteroatoms. The van der Waals surface area contributed by atoms with Gasteiger partial charge in [-0.15, -0.1) is 0 Å². The Morgan fingerprint density at radius 1 is 1.57 bits per heavy atom. The van der Waals surface area contributed by atoms with Gasteiger partial charge in [-0.3, -0.25) is 4.79 Å². The normalized spacial score (nSPS) is 28.5. The van der Waals surface area contributed by atoms with Crippen LogP contribution in [0.4, 0.5) is 5.95 Å². The molecule has 0 unspecified atom stereocenters. The maximum Gasteiger partial charge on any atom is 0.490 e. The largest absolute Gasteiger partial charge is 0.490 e. The first kappa shape index (κ1) is 14.0. The van der Waals surface area contributed by atoms with E-state index in [-0.39, 0.29) is 18.5 Å². The summed E-state index contributed by atoms with van der Waals surface area (Å²) in [5, 5.41) is 17.1. The third-order valence-corrected chi connectivity index (χ3v) is 4.82. The minimum Gasteiger partial charge on any atom is -0.390 e. The first-order chi connectivity index (χ1) is 10.0. The average Bonchev–Trinajstić information content (AvgIpc) is 3.13. The summed E-state index contributed by atoms with van der Waals surface area (Å²) in [6.45, 7) is 2.01. The van der Waals surface area contributed by atoms with Gasteiger partial charge < -0.3 is 15.4 Å². The van der Waals surface area contributed by atoms with Crippen molar-refractivity contribution >= 4 is 11.9 Å². The molecule has 0 spiro atoms. The maximum absolute atomic E-state index is 12.0. The lowest BCUT2D eigenvalue weighted by Gasteiger charge is -2.28. The van der Waals surface area contributed by atoms with Gasteiger partial charge in [0.05, 0.1) is 0 Å². The van der Waals surface area contributed by atoms with E-state index in [4.69, 9.17) is 0 Å². The van der Waals surface area contributed by atoms with Crippen LogP contribution < -0.4 is 5.32 Å². The van der Waals surface area contributed by atoms with Gasteiger partial charge in [0.2, 0.25) is 12.2 Å². The Hall–Kier alpha value is -1.99. The van der Waals surface area contributed by atoms with Gasteiger partial charge in [0.15, 0.2) is 0 Å². The van der Waals surface area contributed by atoms with Gasteiger partial charge in [-0.1, -0.05) is 11.4 Å². The van der Waals surface area contributed by atoms with Crippen LogP contribution in [0.3, 0.4) is 0 Å². The molecule has 21 heavy (non-hydrogen) atoms. The average molecular weight is 293 g/mol. The van der Waals surface area contributed by atoms with E-state index in [0.29, 0.717) is 5.92 Å². The third-order valence-electron chi connectivity index (χ3n) is 4.82. The van der Waals surface area contributed by atoms with Gasteiger partial charge in [-0.25, -0.2) is 0 Å². The van der Waals surface area contributed by atoms with Crippen LogP contribution in [0.5, 0.6) is 0 Å². The van der Waals surface area contributed by atoms with Gasteiger partial charge in [-0.05, 0) is 48.9 Å². The van der Waals surface area contributed by atoms with E-state index >= 15 is 0 Å². The zero-order valence-corrected chi connectivity index (χ0v) is 11.9. The Morgan fingerprint density at radius 3 is 2.95 bits per heavy atom. The van der Waals surface area contributed by atoms with E-state index in [1.165, 1.54) is 36.7 Å². The lowest BCUT2D eigenvalue weighted by Crippen LogP contribution is -2.41. The van der Waals surface area contributed by atoms with Crippen LogP contribution in [0.25, 0.3) is 0 Å². The molecule has 0 saturated heterocycles. The Bertz CT molecular complexity index is 558. The summed E-state index contributed by atoms with van der Waals surface area (Å²) >= 11 is 0. The Morgan fingerprint density at radius 2 is 2.38 bits per heavy atom. The molecule has 2 bridgehead atoms. The number of carbonyl (C=O) groups is 1. The zero-order chi connectivity index (χ0) is 15.0. The van der Waals surface area contributed by atoms with E-state index in [2.05, 4.69) is 15.4 Å². The number of fused-ring (bicyclic) bond motifs is 2. The lowest BCUT2D eigenvalue weighted by atomic mass is 9.84. The minimum atomic E-state index is -0.674. The predicted molar refractivity (Wildman–Crippen MR) is 73.2 cm³/mol. The zero-order valence-electron chi connectivity index (χ0n) is 11.9. The molecule has 2 fully saturated rings. The molecular formula is C13H19N5O3. The van der Waals surface area contributed by atoms with Gasteiger partial charge >= 0.3 is 5.95 Å². The van der Waals surface area contributed by atoms with E-state index in [1.54, 1.807) is 0 Å². The van der Waals surface area contributed by atoms with Crippen molar-refractivity contribution in [2.75, 3.05) is 0 Å². The fourth-order valence-electron chi connectivity index (χ4n) is 3.90. The number of nitro groups is 1. The second-order valence-electron chi connectivity index (χ2n) is 6.19. The molecule has 3 rings (SSSR count). The molecule has 0 radical (unpaired) electrons. The summed E-state index contributed by atoms with van der Waals surface area (Å²) in [5.41, 5.74) is 0. The second-order valence-corrected chi connectivity index (χ2v) is 6.19. The SMILES string of the molecule is C[C@H](NC(=O)Cn1cnc([N+](=O)[O-])n1)[C@@H]1C[C@H]2CC[C@H]1C2. The van der Waals surface area contributed by atoms with Crippen LogP contribution >= 0.6 is 0 Å². The first-order valence-corrected chi connectivity index (χ1v) is 7.36. The number of nitrogens with zero attached hydrogens (tertiary/aromatic N) is 4. The van der Waals surface area contributed by atoms with Crippen LogP contribution in [0.1, 0.15) is 32.6 Å². The fraction of sp³-hybridized carbons (Fsp3) is 0.769. The molecule has 2 saturated carbocycles. The van der Waals surface area contributed by atoms with Crippen molar-refractivity contribution in [3.8, 4) is 0 Å². The molecule has 1 heterocycles. The topological polar surface area (TPSA) is 103 Å². The van der Waals surface area contributed by atoms with Crippen molar-refractivity contribution in [1.82, 2.24) is 20.1 Å². The van der Waals surface area contributed by atoms with Crippen molar-refractivity contribution in [2.24, 2.45) is 17.8 Å². The van der Waals surface area contributed by atoms with Gasteiger partial charge in [0.1, 0.15) is 6.54 Å². The summed E-state index contributed by atoms with van der Waals surface area (Å²) in [7, 11) is 0. The molecule has 4 atom stereocenters. The fourth-order valence-corrected chi connectivity index (χ4v) is 3.90. The molecule has 1 aromatic heterocycles. The molecule has 0 aliphatic heterocycles. The molecule has 2 aliphatic carbocycles. The number of rotatable bonds is 5. The van der Waals surface area contributed by atoms with Gasteiger partial charge in [0.25, 0.3) is 0 Å². The third kappa shape index (κ3) is 2.88. The van der Waals surface area contributed by atoms with Crippen molar-refractivity contribution < 1.29 is 9.72 Å². The molecule has 1 amide bonds. The summed E-state index contributed by atoms with van der Waals surface area (Å²) in [6, 6.07) is 0.145. The number of carbonyl (C=O) groups excluding carboxylic acids is 1. The van der Waals surface area contributed by atoms with Gasteiger partial charge in [0, 0.05) is 11.1 Å². The van der Waals surface area contributed by atoms with Crippen LogP contribution in [-0.4, -0.2) is 31.6 Å². The highest BCUT2D eigenvalue weighted by atomic mass is 16.6. The smallest absolute Gasteiger partial charge is 0.390 e. The summed E-state index contributed by atoms with van der Waals surface area (Å²) in [5.74, 6) is 1.50. The highest BCUT2D eigenvalue weighted by Crippen LogP contribution is 2.49. The molecule has 8 nitrogen and oxygen atoms in total. The van der Waals surface area contributed by atoms with E-state index < -0.39 is 10.9 Å². The number of amides is 1. The van der Waals surface area contributed by atoms with Crippen LogP contribution in [0.15, 0.2) is 6.33 Å². The Labute approximate surface area is 122 Å².